The van der Waals surface area contributed by atoms with Crippen LogP contribution in [-0.2, 0) is 9.47 Å². The summed E-state index contributed by atoms with van der Waals surface area (Å²) in [6.45, 7) is 21.4. The molecule has 0 fully saturated rings. The normalized spacial score (nSPS) is 14.6. The monoisotopic (exact) mass is 412 g/mol. The van der Waals surface area contributed by atoms with E-state index in [1.165, 1.54) is 6.42 Å². The zero-order valence-corrected chi connectivity index (χ0v) is 17.9. The standard InChI is InChI=1S/C18H37IO2/c1-15(2,3)14-21-18(8,9)12-13-20-17(6,7)11-10-16(4,5)19/h10-14H2,1-9H3. The van der Waals surface area contributed by atoms with Crippen molar-refractivity contribution in [2.24, 2.45) is 5.41 Å². The van der Waals surface area contributed by atoms with Crippen LogP contribution >= 0.6 is 22.6 Å². The van der Waals surface area contributed by atoms with Gasteiger partial charge in [0.05, 0.1) is 24.4 Å². The highest BCUT2D eigenvalue weighted by molar-refractivity contribution is 14.1. The number of hydrogen-bond acceptors (Lipinski definition) is 2. The Kier molecular flexibility index (Phi) is 8.21. The van der Waals surface area contributed by atoms with E-state index in [0.29, 0.717) is 3.42 Å². The van der Waals surface area contributed by atoms with Crippen LogP contribution in [0.2, 0.25) is 0 Å². The van der Waals surface area contributed by atoms with Gasteiger partial charge >= 0.3 is 0 Å². The van der Waals surface area contributed by atoms with Gasteiger partial charge in [-0.25, -0.2) is 0 Å². The van der Waals surface area contributed by atoms with Crippen molar-refractivity contribution in [1.29, 1.82) is 0 Å². The summed E-state index contributed by atoms with van der Waals surface area (Å²) in [5.74, 6) is 0. The van der Waals surface area contributed by atoms with E-state index >= 15 is 0 Å². The maximum atomic E-state index is 6.11. The molecule has 21 heavy (non-hydrogen) atoms. The Morgan fingerprint density at radius 1 is 0.667 bits per heavy atom. The van der Waals surface area contributed by atoms with E-state index in [-0.39, 0.29) is 16.6 Å². The molecule has 0 aromatic heterocycles. The fraction of sp³-hybridized carbons (Fsp3) is 1.00. The Labute approximate surface area is 146 Å². The molecule has 0 unspecified atom stereocenters. The summed E-state index contributed by atoms with van der Waals surface area (Å²) in [6.07, 6.45) is 3.19. The molecule has 0 saturated carbocycles. The van der Waals surface area contributed by atoms with Gasteiger partial charge in [0.2, 0.25) is 0 Å². The minimum absolute atomic E-state index is 0.0530. The van der Waals surface area contributed by atoms with Crippen LogP contribution in [-0.4, -0.2) is 27.8 Å². The first-order valence-corrected chi connectivity index (χ1v) is 9.17. The largest absolute Gasteiger partial charge is 0.375 e. The van der Waals surface area contributed by atoms with Crippen molar-refractivity contribution in [3.63, 3.8) is 0 Å². The number of rotatable bonds is 9. The average Bonchev–Trinajstić information content (AvgIpc) is 2.22. The van der Waals surface area contributed by atoms with E-state index in [1.807, 2.05) is 0 Å². The van der Waals surface area contributed by atoms with Crippen molar-refractivity contribution < 1.29 is 9.47 Å². The summed E-state index contributed by atoms with van der Waals surface area (Å²) < 4.78 is 12.5. The first kappa shape index (κ1) is 21.6. The van der Waals surface area contributed by atoms with Crippen molar-refractivity contribution in [3.8, 4) is 0 Å². The Morgan fingerprint density at radius 3 is 1.57 bits per heavy atom. The lowest BCUT2D eigenvalue weighted by atomic mass is 9.96. The van der Waals surface area contributed by atoms with Gasteiger partial charge < -0.3 is 9.47 Å². The van der Waals surface area contributed by atoms with Crippen molar-refractivity contribution in [2.45, 2.75) is 96.2 Å². The highest BCUT2D eigenvalue weighted by Gasteiger charge is 2.26. The Hall–Kier alpha value is 0.650. The average molecular weight is 412 g/mol. The molecule has 0 spiro atoms. The van der Waals surface area contributed by atoms with Gasteiger partial charge in [-0.3, -0.25) is 0 Å². The first-order chi connectivity index (χ1) is 9.12. The molecule has 0 aromatic carbocycles. The second-order valence-electron chi connectivity index (χ2n) is 9.19. The Bertz CT molecular complexity index is 265. The predicted molar refractivity (Wildman–Crippen MR) is 101 cm³/mol. The topological polar surface area (TPSA) is 18.5 Å². The van der Waals surface area contributed by atoms with Crippen LogP contribution < -0.4 is 0 Å². The molecule has 0 aliphatic rings. The van der Waals surface area contributed by atoms with Crippen molar-refractivity contribution in [2.75, 3.05) is 13.2 Å². The van der Waals surface area contributed by atoms with E-state index in [9.17, 15) is 0 Å². The zero-order valence-electron chi connectivity index (χ0n) is 15.7. The molecule has 0 bridgehead atoms. The van der Waals surface area contributed by atoms with Crippen LogP contribution in [0, 0.1) is 5.41 Å². The van der Waals surface area contributed by atoms with Gasteiger partial charge in [0.25, 0.3) is 0 Å². The van der Waals surface area contributed by atoms with Gasteiger partial charge in [0.1, 0.15) is 0 Å². The van der Waals surface area contributed by atoms with Gasteiger partial charge in [-0.1, -0.05) is 57.2 Å². The molecule has 0 aromatic rings. The quantitative estimate of drug-likeness (QED) is 0.341. The molecule has 0 saturated heterocycles. The summed E-state index contributed by atoms with van der Waals surface area (Å²) in [5.41, 5.74) is 0.0394. The number of halogens is 1. The number of hydrogen-bond donors (Lipinski definition) is 0. The maximum absolute atomic E-state index is 6.11. The lowest BCUT2D eigenvalue weighted by Crippen LogP contribution is -2.33. The molecular formula is C18H37IO2. The predicted octanol–water partition coefficient (Wildman–Crippen LogP) is 6.01. The third kappa shape index (κ3) is 14.0. The van der Waals surface area contributed by atoms with E-state index in [2.05, 4.69) is 84.9 Å². The molecule has 2 nitrogen and oxygen atoms in total. The first-order valence-electron chi connectivity index (χ1n) is 8.09. The Morgan fingerprint density at radius 2 is 1.14 bits per heavy atom. The van der Waals surface area contributed by atoms with E-state index in [1.54, 1.807) is 0 Å². The van der Waals surface area contributed by atoms with Gasteiger partial charge in [-0.15, -0.1) is 0 Å². The fourth-order valence-corrected chi connectivity index (χ4v) is 2.00. The Balaban J connectivity index is 4.10. The minimum atomic E-state index is -0.119. The highest BCUT2D eigenvalue weighted by atomic mass is 127. The fourth-order valence-electron chi connectivity index (χ4n) is 1.73. The van der Waals surface area contributed by atoms with Crippen LogP contribution in [0.5, 0.6) is 0 Å². The molecule has 0 aliphatic carbocycles. The lowest BCUT2D eigenvalue weighted by molar-refractivity contribution is -0.0895. The lowest BCUT2D eigenvalue weighted by Gasteiger charge is -2.32. The van der Waals surface area contributed by atoms with Crippen LogP contribution in [0.4, 0.5) is 0 Å². The van der Waals surface area contributed by atoms with Gasteiger partial charge in [-0.05, 0) is 52.4 Å². The molecule has 0 aliphatic heterocycles. The summed E-state index contributed by atoms with van der Waals surface area (Å²) in [5, 5.41) is 0. The maximum Gasteiger partial charge on any atom is 0.0648 e. The van der Waals surface area contributed by atoms with Gasteiger partial charge in [0, 0.05) is 3.42 Å². The van der Waals surface area contributed by atoms with Crippen molar-refractivity contribution in [1.82, 2.24) is 0 Å². The molecule has 0 atom stereocenters. The van der Waals surface area contributed by atoms with Crippen LogP contribution in [0.1, 0.15) is 81.6 Å². The van der Waals surface area contributed by atoms with E-state index in [0.717, 1.165) is 26.1 Å². The van der Waals surface area contributed by atoms with Crippen molar-refractivity contribution in [3.05, 3.63) is 0 Å². The molecule has 0 heterocycles. The molecule has 0 amide bonds. The highest BCUT2D eigenvalue weighted by Crippen LogP contribution is 2.29. The summed E-state index contributed by atoms with van der Waals surface area (Å²) in [6, 6.07) is 0. The molecule has 128 valence electrons. The molecule has 0 N–H and O–H groups in total. The molecule has 0 rings (SSSR count). The third-order valence-corrected chi connectivity index (χ3v) is 3.95. The van der Waals surface area contributed by atoms with E-state index < -0.39 is 0 Å². The summed E-state index contributed by atoms with van der Waals surface area (Å²) >= 11 is 2.51. The molecule has 0 radical (unpaired) electrons. The van der Waals surface area contributed by atoms with Crippen molar-refractivity contribution >= 4 is 22.6 Å². The summed E-state index contributed by atoms with van der Waals surface area (Å²) in [7, 11) is 0. The van der Waals surface area contributed by atoms with E-state index in [4.69, 9.17) is 9.47 Å². The minimum Gasteiger partial charge on any atom is -0.375 e. The number of alkyl halides is 1. The second-order valence-corrected chi connectivity index (χ2v) is 12.1. The third-order valence-electron chi connectivity index (χ3n) is 3.41. The zero-order chi connectivity index (χ0) is 16.9. The second kappa shape index (κ2) is 7.96. The SMILES string of the molecule is CC(C)(C)COC(C)(C)CCOC(C)(C)CCC(C)(C)I. The summed E-state index contributed by atoms with van der Waals surface area (Å²) in [4.78, 5) is 0. The van der Waals surface area contributed by atoms with Crippen LogP contribution in [0.25, 0.3) is 0 Å². The van der Waals surface area contributed by atoms with Crippen LogP contribution in [0.15, 0.2) is 0 Å². The number of ether oxygens (including phenoxy) is 2. The smallest absolute Gasteiger partial charge is 0.0648 e. The van der Waals surface area contributed by atoms with Gasteiger partial charge in [0.15, 0.2) is 0 Å². The molecular weight excluding hydrogens is 375 g/mol. The molecule has 3 heteroatoms. The van der Waals surface area contributed by atoms with Crippen LogP contribution in [0.3, 0.4) is 0 Å². The van der Waals surface area contributed by atoms with Gasteiger partial charge in [-0.2, -0.15) is 0 Å².